The van der Waals surface area contributed by atoms with Crippen LogP contribution in [0.5, 0.6) is 11.5 Å². The predicted molar refractivity (Wildman–Crippen MR) is 144 cm³/mol. The molecule has 1 amide bonds. The Hall–Kier alpha value is -4.04. The number of fused-ring (bicyclic) bond motifs is 1. The third kappa shape index (κ3) is 6.39. The Balaban J connectivity index is 1.48. The van der Waals surface area contributed by atoms with Gasteiger partial charge in [0.05, 0.1) is 37.5 Å². The number of hydrogen-bond acceptors (Lipinski definition) is 11. The fourth-order valence-electron chi connectivity index (χ4n) is 4.29. The molecule has 1 aromatic heterocycles. The summed E-state index contributed by atoms with van der Waals surface area (Å²) in [4.78, 5) is 40.8. The van der Waals surface area contributed by atoms with Crippen LogP contribution in [0.2, 0.25) is 0 Å². The molecule has 2 heterocycles. The molecule has 1 fully saturated rings. The Labute approximate surface area is 230 Å². The average Bonchev–Trinajstić information content (AvgIpc) is 3.46. The Bertz CT molecular complexity index is 1360. The molecule has 3 aromatic rings. The molecule has 1 aliphatic rings. The molecule has 13 nitrogen and oxygen atoms in total. The van der Waals surface area contributed by atoms with Gasteiger partial charge in [-0.1, -0.05) is 18.2 Å². The second-order valence-electron chi connectivity index (χ2n) is 9.04. The molecule has 1 aliphatic heterocycles. The number of aliphatic hydroxyl groups excluding tert-OH is 2. The van der Waals surface area contributed by atoms with Crippen molar-refractivity contribution in [2.75, 3.05) is 38.3 Å². The maximum absolute atomic E-state index is 12.7. The summed E-state index contributed by atoms with van der Waals surface area (Å²) in [5.74, 6) is -0.746. The minimum absolute atomic E-state index is 0.294. The van der Waals surface area contributed by atoms with Crippen molar-refractivity contribution in [3.05, 3.63) is 48.0 Å². The van der Waals surface area contributed by atoms with E-state index in [2.05, 4.69) is 15.6 Å². The SMILES string of the molecule is CCOc1ccc(CNc2nc3ccccc3n2[C@@H]2O[C@H](CO)C(=O)C2=O)cc1OCCCN[C@@H](CO)C(N)=O. The van der Waals surface area contributed by atoms with Gasteiger partial charge in [-0.3, -0.25) is 19.0 Å². The van der Waals surface area contributed by atoms with Crippen LogP contribution in [0.25, 0.3) is 11.0 Å². The highest BCUT2D eigenvalue weighted by molar-refractivity contribution is 6.41. The molecule has 0 aliphatic carbocycles. The van der Waals surface area contributed by atoms with Gasteiger partial charge in [-0.05, 0) is 49.7 Å². The molecule has 0 spiro atoms. The Morgan fingerprint density at radius 2 is 1.95 bits per heavy atom. The lowest BCUT2D eigenvalue weighted by atomic mass is 10.2. The van der Waals surface area contributed by atoms with Crippen LogP contribution >= 0.6 is 0 Å². The van der Waals surface area contributed by atoms with E-state index in [-0.39, 0.29) is 6.61 Å². The number of primary amides is 1. The highest BCUT2D eigenvalue weighted by Crippen LogP contribution is 2.32. The van der Waals surface area contributed by atoms with Gasteiger partial charge in [0.2, 0.25) is 23.9 Å². The van der Waals surface area contributed by atoms with E-state index in [0.29, 0.717) is 61.2 Å². The number of carbonyl (C=O) groups excluding carboxylic acids is 3. The molecule has 13 heteroatoms. The van der Waals surface area contributed by atoms with Crippen molar-refractivity contribution in [2.24, 2.45) is 5.73 Å². The molecule has 0 saturated carbocycles. The van der Waals surface area contributed by atoms with Crippen LogP contribution in [0, 0.1) is 0 Å². The molecule has 0 radical (unpaired) electrons. The van der Waals surface area contributed by atoms with Crippen LogP contribution < -0.4 is 25.8 Å². The summed E-state index contributed by atoms with van der Waals surface area (Å²) < 4.78 is 18.8. The molecule has 2 aromatic carbocycles. The minimum atomic E-state index is -1.24. The molecular formula is C27H33N5O8. The molecule has 0 bridgehead atoms. The third-order valence-electron chi connectivity index (χ3n) is 6.30. The van der Waals surface area contributed by atoms with Gasteiger partial charge in [-0.15, -0.1) is 0 Å². The van der Waals surface area contributed by atoms with Gasteiger partial charge in [0, 0.05) is 6.54 Å². The number of benzene rings is 2. The molecule has 214 valence electrons. The van der Waals surface area contributed by atoms with Crippen molar-refractivity contribution in [1.29, 1.82) is 0 Å². The van der Waals surface area contributed by atoms with Gasteiger partial charge < -0.3 is 40.8 Å². The predicted octanol–water partition coefficient (Wildman–Crippen LogP) is 0.280. The maximum Gasteiger partial charge on any atom is 0.251 e. The zero-order chi connectivity index (χ0) is 28.6. The number of hydrogen-bond donors (Lipinski definition) is 5. The van der Waals surface area contributed by atoms with Gasteiger partial charge in [0.15, 0.2) is 11.5 Å². The molecule has 0 unspecified atom stereocenters. The van der Waals surface area contributed by atoms with Crippen molar-refractivity contribution in [1.82, 2.24) is 14.9 Å². The van der Waals surface area contributed by atoms with Crippen LogP contribution in [-0.2, 0) is 25.7 Å². The number of ketones is 2. The molecule has 6 N–H and O–H groups in total. The summed E-state index contributed by atoms with van der Waals surface area (Å²) in [5, 5.41) is 24.7. The Kier molecular flexibility index (Phi) is 9.66. The zero-order valence-electron chi connectivity index (χ0n) is 22.0. The molecule has 40 heavy (non-hydrogen) atoms. The van der Waals surface area contributed by atoms with E-state index in [1.54, 1.807) is 24.3 Å². The first-order valence-electron chi connectivity index (χ1n) is 12.9. The molecule has 4 rings (SSSR count). The lowest BCUT2D eigenvalue weighted by Gasteiger charge is -2.17. The Morgan fingerprint density at radius 1 is 1.15 bits per heavy atom. The highest BCUT2D eigenvalue weighted by atomic mass is 16.5. The van der Waals surface area contributed by atoms with E-state index < -0.39 is 42.5 Å². The number of ether oxygens (including phenoxy) is 3. The molecular weight excluding hydrogens is 522 g/mol. The molecule has 3 atom stereocenters. The van der Waals surface area contributed by atoms with Gasteiger partial charge in [0.1, 0.15) is 12.1 Å². The van der Waals surface area contributed by atoms with Crippen LogP contribution in [-0.4, -0.2) is 82.4 Å². The summed E-state index contributed by atoms with van der Waals surface area (Å²) >= 11 is 0. The summed E-state index contributed by atoms with van der Waals surface area (Å²) in [6.07, 6.45) is -1.91. The van der Waals surface area contributed by atoms with E-state index >= 15 is 0 Å². The first-order chi connectivity index (χ1) is 19.4. The van der Waals surface area contributed by atoms with Gasteiger partial charge in [-0.25, -0.2) is 4.98 Å². The summed E-state index contributed by atoms with van der Waals surface area (Å²) in [6.45, 7) is 2.36. The number of rotatable bonds is 15. The van der Waals surface area contributed by atoms with Crippen molar-refractivity contribution in [3.8, 4) is 11.5 Å². The van der Waals surface area contributed by atoms with Crippen LogP contribution in [0.15, 0.2) is 42.5 Å². The summed E-state index contributed by atoms with van der Waals surface area (Å²) in [6, 6.07) is 11.8. The lowest BCUT2D eigenvalue weighted by molar-refractivity contribution is -0.136. The van der Waals surface area contributed by atoms with Gasteiger partial charge in [0.25, 0.3) is 5.78 Å². The second-order valence-corrected chi connectivity index (χ2v) is 9.04. The van der Waals surface area contributed by atoms with Crippen LogP contribution in [0.3, 0.4) is 0 Å². The number of nitrogens with two attached hydrogens (primary N) is 1. The summed E-state index contributed by atoms with van der Waals surface area (Å²) in [5.41, 5.74) is 7.24. The van der Waals surface area contributed by atoms with Crippen molar-refractivity contribution in [2.45, 2.75) is 38.3 Å². The van der Waals surface area contributed by atoms with E-state index in [9.17, 15) is 24.6 Å². The quantitative estimate of drug-likeness (QED) is 0.128. The van der Waals surface area contributed by atoms with Crippen molar-refractivity contribution in [3.63, 3.8) is 0 Å². The number of carbonyl (C=O) groups is 3. The maximum atomic E-state index is 12.7. The van der Waals surface area contributed by atoms with Crippen LogP contribution in [0.4, 0.5) is 5.95 Å². The largest absolute Gasteiger partial charge is 0.490 e. The summed E-state index contributed by atoms with van der Waals surface area (Å²) in [7, 11) is 0. The fourth-order valence-corrected chi connectivity index (χ4v) is 4.29. The van der Waals surface area contributed by atoms with Crippen LogP contribution in [0.1, 0.15) is 25.1 Å². The van der Waals surface area contributed by atoms with E-state index in [0.717, 1.165) is 5.56 Å². The second kappa shape index (κ2) is 13.3. The highest BCUT2D eigenvalue weighted by Gasteiger charge is 2.44. The number of para-hydroxylation sites is 2. The monoisotopic (exact) mass is 555 g/mol. The first kappa shape index (κ1) is 29.0. The number of nitrogens with one attached hydrogen (secondary N) is 2. The Morgan fingerprint density at radius 3 is 2.65 bits per heavy atom. The van der Waals surface area contributed by atoms with Crippen molar-refractivity contribution >= 4 is 34.5 Å². The number of amides is 1. The molecule has 1 saturated heterocycles. The average molecular weight is 556 g/mol. The smallest absolute Gasteiger partial charge is 0.251 e. The zero-order valence-corrected chi connectivity index (χ0v) is 22.0. The number of aliphatic hydroxyl groups is 2. The van der Waals surface area contributed by atoms with E-state index in [1.807, 2.05) is 25.1 Å². The standard InChI is InChI=1S/C27H33N5O8/c1-2-38-20-9-8-16(12-21(20)39-11-5-10-29-18(14-33)25(28)37)13-30-27-31-17-6-3-4-7-19(17)32(27)26-24(36)23(35)22(15-34)40-26/h3-4,6-9,12,18,22,26,29,33-34H,2,5,10-11,13-15H2,1H3,(H2,28,37)(H,30,31)/t18-,22+,26+/m0/s1. The number of nitrogens with zero attached hydrogens (tertiary/aromatic N) is 2. The number of aromatic nitrogens is 2. The lowest BCUT2D eigenvalue weighted by Crippen LogP contribution is -2.44. The van der Waals surface area contributed by atoms with E-state index in [1.165, 1.54) is 4.57 Å². The van der Waals surface area contributed by atoms with Gasteiger partial charge in [-0.2, -0.15) is 0 Å². The third-order valence-corrected chi connectivity index (χ3v) is 6.30. The number of anilines is 1. The minimum Gasteiger partial charge on any atom is -0.490 e. The van der Waals surface area contributed by atoms with Gasteiger partial charge >= 0.3 is 0 Å². The fraction of sp³-hybridized carbons (Fsp3) is 0.407. The first-order valence-corrected chi connectivity index (χ1v) is 12.9. The number of imidazole rings is 1. The van der Waals surface area contributed by atoms with Crippen molar-refractivity contribution < 1.29 is 38.8 Å². The van der Waals surface area contributed by atoms with E-state index in [4.69, 9.17) is 19.9 Å². The normalized spacial score (nSPS) is 17.8. The topological polar surface area (TPSA) is 187 Å². The number of Topliss-reactive ketones (excluding diaryl/α,β-unsaturated/α-hetero) is 2.